The number of anilines is 1. The smallest absolute Gasteiger partial charge is 0.338 e. The number of aliphatic imine (C=N–C) groups is 1. The summed E-state index contributed by atoms with van der Waals surface area (Å²) in [6.07, 6.45) is 1.71. The molecule has 0 bridgehead atoms. The first-order valence-electron chi connectivity index (χ1n) is 12.0. The van der Waals surface area contributed by atoms with E-state index in [0.29, 0.717) is 46.8 Å². The predicted octanol–water partition coefficient (Wildman–Crippen LogP) is 6.15. The molecule has 3 aromatic carbocycles. The predicted molar refractivity (Wildman–Crippen MR) is 145 cm³/mol. The molecule has 0 atom stereocenters. The standard InChI is InChI=1S/C29H27ClN2O5/c1-4-35-25-16-7-19(18-26(25)36-5-2)17-24-28(33)32(27(31-24)20-8-12-22(30)13-9-20)23-14-10-21(11-15-23)29(34)37-6-3/h7-18H,4-6H2,1-3H3/b24-17-. The fraction of sp³-hybridized carbons (Fsp3) is 0.207. The highest BCUT2D eigenvalue weighted by molar-refractivity contribution is 6.34. The summed E-state index contributed by atoms with van der Waals surface area (Å²) in [6.45, 7) is 6.83. The summed E-state index contributed by atoms with van der Waals surface area (Å²) in [7, 11) is 0. The number of nitrogens with zero attached hydrogens (tertiary/aromatic N) is 2. The lowest BCUT2D eigenvalue weighted by Gasteiger charge is -2.19. The minimum atomic E-state index is -0.422. The number of hydrogen-bond donors (Lipinski definition) is 0. The van der Waals surface area contributed by atoms with Crippen molar-refractivity contribution in [3.8, 4) is 11.5 Å². The Hall–Kier alpha value is -4.10. The molecule has 7 nitrogen and oxygen atoms in total. The zero-order valence-corrected chi connectivity index (χ0v) is 21.6. The van der Waals surface area contributed by atoms with Gasteiger partial charge in [-0.3, -0.25) is 9.69 Å². The Morgan fingerprint density at radius 1 is 0.892 bits per heavy atom. The van der Waals surface area contributed by atoms with Crippen molar-refractivity contribution in [3.05, 3.63) is 94.1 Å². The van der Waals surface area contributed by atoms with Gasteiger partial charge >= 0.3 is 5.97 Å². The Labute approximate surface area is 220 Å². The summed E-state index contributed by atoms with van der Waals surface area (Å²) < 4.78 is 16.4. The number of hydrogen-bond acceptors (Lipinski definition) is 6. The average molecular weight is 519 g/mol. The van der Waals surface area contributed by atoms with Gasteiger partial charge < -0.3 is 14.2 Å². The highest BCUT2D eigenvalue weighted by Gasteiger charge is 2.32. The van der Waals surface area contributed by atoms with E-state index in [4.69, 9.17) is 30.8 Å². The number of carbonyl (C=O) groups excluding carboxylic acids is 2. The van der Waals surface area contributed by atoms with Gasteiger partial charge in [-0.05, 0) is 93.1 Å². The van der Waals surface area contributed by atoms with Crippen LogP contribution in [0.3, 0.4) is 0 Å². The van der Waals surface area contributed by atoms with Crippen molar-refractivity contribution < 1.29 is 23.8 Å². The van der Waals surface area contributed by atoms with E-state index in [1.807, 2.05) is 32.0 Å². The van der Waals surface area contributed by atoms with Gasteiger partial charge in [-0.25, -0.2) is 9.79 Å². The monoisotopic (exact) mass is 518 g/mol. The largest absolute Gasteiger partial charge is 0.490 e. The van der Waals surface area contributed by atoms with Crippen LogP contribution < -0.4 is 14.4 Å². The van der Waals surface area contributed by atoms with Crippen LogP contribution in [0.25, 0.3) is 6.08 Å². The van der Waals surface area contributed by atoms with Crippen molar-refractivity contribution in [1.82, 2.24) is 0 Å². The molecule has 1 aliphatic rings. The highest BCUT2D eigenvalue weighted by atomic mass is 35.5. The average Bonchev–Trinajstić information content (AvgIpc) is 3.22. The Bertz CT molecular complexity index is 1350. The van der Waals surface area contributed by atoms with E-state index in [0.717, 1.165) is 11.1 Å². The van der Waals surface area contributed by atoms with Gasteiger partial charge in [0.25, 0.3) is 5.91 Å². The fourth-order valence-electron chi connectivity index (χ4n) is 3.83. The zero-order valence-electron chi connectivity index (χ0n) is 20.9. The molecule has 0 radical (unpaired) electrons. The van der Waals surface area contributed by atoms with Gasteiger partial charge in [0.15, 0.2) is 11.5 Å². The van der Waals surface area contributed by atoms with Crippen LogP contribution >= 0.6 is 11.6 Å². The number of benzene rings is 3. The van der Waals surface area contributed by atoms with Crippen molar-refractivity contribution in [1.29, 1.82) is 0 Å². The molecule has 0 aromatic heterocycles. The van der Waals surface area contributed by atoms with Gasteiger partial charge in [0.05, 0.1) is 31.1 Å². The lowest BCUT2D eigenvalue weighted by molar-refractivity contribution is -0.113. The van der Waals surface area contributed by atoms with Crippen molar-refractivity contribution in [3.63, 3.8) is 0 Å². The van der Waals surface area contributed by atoms with Crippen LogP contribution in [0.1, 0.15) is 42.3 Å². The van der Waals surface area contributed by atoms with Gasteiger partial charge in [0, 0.05) is 10.6 Å². The first kappa shape index (κ1) is 26.0. The molecule has 0 saturated carbocycles. The molecule has 0 spiro atoms. The first-order chi connectivity index (χ1) is 17.9. The summed E-state index contributed by atoms with van der Waals surface area (Å²) in [4.78, 5) is 31.9. The van der Waals surface area contributed by atoms with E-state index >= 15 is 0 Å². The minimum Gasteiger partial charge on any atom is -0.490 e. The van der Waals surface area contributed by atoms with E-state index in [9.17, 15) is 9.59 Å². The molecular weight excluding hydrogens is 492 g/mol. The quantitative estimate of drug-likeness (QED) is 0.251. The summed E-state index contributed by atoms with van der Waals surface area (Å²) in [6, 6.07) is 19.2. The lowest BCUT2D eigenvalue weighted by atomic mass is 10.1. The third-order valence-corrected chi connectivity index (χ3v) is 5.72. The topological polar surface area (TPSA) is 77.4 Å². The fourth-order valence-corrected chi connectivity index (χ4v) is 3.95. The zero-order chi connectivity index (χ0) is 26.4. The molecule has 0 unspecified atom stereocenters. The molecule has 0 N–H and O–H groups in total. The number of halogens is 1. The van der Waals surface area contributed by atoms with Crippen LogP contribution in [0.15, 0.2) is 77.4 Å². The lowest BCUT2D eigenvalue weighted by Crippen LogP contribution is -2.32. The molecule has 190 valence electrons. The second kappa shape index (κ2) is 11.8. The van der Waals surface area contributed by atoms with Crippen molar-refractivity contribution in [2.45, 2.75) is 20.8 Å². The van der Waals surface area contributed by atoms with Gasteiger partial charge in [0.2, 0.25) is 0 Å². The second-order valence-corrected chi connectivity index (χ2v) is 8.39. The van der Waals surface area contributed by atoms with E-state index in [2.05, 4.69) is 0 Å². The maximum absolute atomic E-state index is 13.6. The maximum atomic E-state index is 13.6. The molecule has 1 heterocycles. The number of amides is 1. The molecule has 0 fully saturated rings. The third kappa shape index (κ3) is 5.84. The van der Waals surface area contributed by atoms with Crippen LogP contribution in [0, 0.1) is 0 Å². The summed E-state index contributed by atoms with van der Waals surface area (Å²) in [5, 5.41) is 0.577. The third-order valence-electron chi connectivity index (χ3n) is 5.47. The van der Waals surface area contributed by atoms with E-state index in [1.165, 1.54) is 4.90 Å². The molecule has 0 aliphatic carbocycles. The normalized spacial score (nSPS) is 14.1. The molecule has 1 amide bonds. The van der Waals surface area contributed by atoms with Gasteiger partial charge in [-0.1, -0.05) is 17.7 Å². The van der Waals surface area contributed by atoms with Crippen molar-refractivity contribution in [2.24, 2.45) is 4.99 Å². The van der Waals surface area contributed by atoms with Crippen LogP contribution in [-0.4, -0.2) is 37.5 Å². The second-order valence-electron chi connectivity index (χ2n) is 7.95. The Kier molecular flexibility index (Phi) is 8.25. The van der Waals surface area contributed by atoms with Crippen LogP contribution in [0.2, 0.25) is 5.02 Å². The minimum absolute atomic E-state index is 0.256. The van der Waals surface area contributed by atoms with Gasteiger partial charge in [-0.2, -0.15) is 0 Å². The van der Waals surface area contributed by atoms with E-state index in [1.54, 1.807) is 61.5 Å². The Morgan fingerprint density at radius 3 is 2.22 bits per heavy atom. The van der Waals surface area contributed by atoms with Gasteiger partial charge in [0.1, 0.15) is 11.5 Å². The van der Waals surface area contributed by atoms with Gasteiger partial charge in [-0.15, -0.1) is 0 Å². The molecule has 8 heteroatoms. The number of carbonyl (C=O) groups is 2. The molecule has 3 aromatic rings. The van der Waals surface area contributed by atoms with E-state index < -0.39 is 5.97 Å². The maximum Gasteiger partial charge on any atom is 0.338 e. The van der Waals surface area contributed by atoms with Crippen LogP contribution in [-0.2, 0) is 9.53 Å². The summed E-state index contributed by atoms with van der Waals surface area (Å²) in [5.41, 5.74) is 2.69. The molecule has 37 heavy (non-hydrogen) atoms. The molecule has 1 aliphatic heterocycles. The van der Waals surface area contributed by atoms with E-state index in [-0.39, 0.29) is 18.2 Å². The van der Waals surface area contributed by atoms with Crippen molar-refractivity contribution in [2.75, 3.05) is 24.7 Å². The summed E-state index contributed by atoms with van der Waals surface area (Å²) >= 11 is 6.09. The molecular formula is C29H27ClN2O5. The summed E-state index contributed by atoms with van der Waals surface area (Å²) in [5.74, 6) is 0.957. The number of esters is 1. The molecule has 4 rings (SSSR count). The highest BCUT2D eigenvalue weighted by Crippen LogP contribution is 2.32. The number of rotatable bonds is 9. The number of amidine groups is 1. The molecule has 0 saturated heterocycles. The first-order valence-corrected chi connectivity index (χ1v) is 12.4. The van der Waals surface area contributed by atoms with Crippen molar-refractivity contribution >= 4 is 41.1 Å². The van der Waals surface area contributed by atoms with Crippen LogP contribution in [0.5, 0.6) is 11.5 Å². The van der Waals surface area contributed by atoms with Crippen LogP contribution in [0.4, 0.5) is 5.69 Å². The SMILES string of the molecule is CCOC(=O)c1ccc(N2C(=O)/C(=C/c3ccc(OCC)c(OCC)c3)N=C2c2ccc(Cl)cc2)cc1. The Morgan fingerprint density at radius 2 is 1.57 bits per heavy atom. The Balaban J connectivity index is 1.74. The number of ether oxygens (including phenoxy) is 3.